The number of hydrogen-bond acceptors (Lipinski definition) is 5. The number of rotatable bonds is 7. The molecule has 5 rings (SSSR count). The van der Waals surface area contributed by atoms with Crippen molar-refractivity contribution in [3.8, 4) is 0 Å². The van der Waals surface area contributed by atoms with Gasteiger partial charge in [0.1, 0.15) is 0 Å². The zero-order valence-corrected chi connectivity index (χ0v) is 24.2. The van der Waals surface area contributed by atoms with Crippen LogP contribution in [0.3, 0.4) is 0 Å². The summed E-state index contributed by atoms with van der Waals surface area (Å²) < 4.78 is 34.4. The number of esters is 1. The number of halogens is 2. The summed E-state index contributed by atoms with van der Waals surface area (Å²) in [4.78, 5) is 26.2. The lowest BCUT2D eigenvalue weighted by Crippen LogP contribution is -2.20. The van der Waals surface area contributed by atoms with E-state index in [4.69, 9.17) is 27.9 Å². The van der Waals surface area contributed by atoms with E-state index in [1.165, 1.54) is 30.3 Å². The molecule has 0 bridgehead atoms. The summed E-state index contributed by atoms with van der Waals surface area (Å²) in [6, 6.07) is 21.3. The van der Waals surface area contributed by atoms with Gasteiger partial charge in [-0.05, 0) is 60.5 Å². The molecule has 1 aromatic heterocycles. The monoisotopic (exact) mass is 607 g/mol. The highest BCUT2D eigenvalue weighted by atomic mass is 35.5. The summed E-state index contributed by atoms with van der Waals surface area (Å²) in [5, 5.41) is 12.1. The van der Waals surface area contributed by atoms with Gasteiger partial charge in [0.2, 0.25) is 0 Å². The van der Waals surface area contributed by atoms with Crippen LogP contribution in [0.25, 0.3) is 33.3 Å². The van der Waals surface area contributed by atoms with Gasteiger partial charge in [-0.25, -0.2) is 22.0 Å². The number of hydrogen-bond donors (Lipinski definition) is 1. The molecule has 0 spiro atoms. The molecule has 0 unspecified atom stereocenters. The quantitative estimate of drug-likeness (QED) is 0.152. The van der Waals surface area contributed by atoms with E-state index in [0.29, 0.717) is 10.9 Å². The number of aliphatic carboxylic acids is 1. The summed E-state index contributed by atoms with van der Waals surface area (Å²) in [6.45, 7) is 3.34. The Morgan fingerprint density at radius 3 is 2.34 bits per heavy atom. The van der Waals surface area contributed by atoms with Crippen LogP contribution < -0.4 is 0 Å². The molecule has 5 aromatic rings. The van der Waals surface area contributed by atoms with Crippen LogP contribution in [0.4, 0.5) is 0 Å². The van der Waals surface area contributed by atoms with Gasteiger partial charge in [0.25, 0.3) is 10.0 Å². The Morgan fingerprint density at radius 2 is 1.66 bits per heavy atom. The molecule has 0 amide bonds. The van der Waals surface area contributed by atoms with E-state index in [1.54, 1.807) is 43.3 Å². The summed E-state index contributed by atoms with van der Waals surface area (Å²) in [5.74, 6) is -2.26. The predicted octanol–water partition coefficient (Wildman–Crippen LogP) is 7.45. The van der Waals surface area contributed by atoms with Crippen molar-refractivity contribution in [2.24, 2.45) is 0 Å². The number of carboxylic acids is 1. The van der Waals surface area contributed by atoms with Crippen molar-refractivity contribution in [1.29, 1.82) is 0 Å². The summed E-state index contributed by atoms with van der Waals surface area (Å²) in [6.07, 6.45) is 1.26. The molecule has 4 aromatic carbocycles. The Hall–Kier alpha value is -4.11. The highest BCUT2D eigenvalue weighted by Gasteiger charge is 2.33. The summed E-state index contributed by atoms with van der Waals surface area (Å²) >= 11 is 12.9. The maximum Gasteiger partial charge on any atom is 0.356 e. The highest BCUT2D eigenvalue weighted by Crippen LogP contribution is 2.40. The van der Waals surface area contributed by atoms with Gasteiger partial charge in [-0.1, -0.05) is 83.4 Å². The zero-order chi connectivity index (χ0) is 29.5. The molecule has 7 nitrogen and oxygen atoms in total. The fourth-order valence-electron chi connectivity index (χ4n) is 4.79. The number of carbonyl (C=O) groups excluding carboxylic acids is 1. The molecule has 0 saturated heterocycles. The van der Waals surface area contributed by atoms with Gasteiger partial charge in [0.05, 0.1) is 27.6 Å². The van der Waals surface area contributed by atoms with E-state index in [2.05, 4.69) is 0 Å². The van der Waals surface area contributed by atoms with Crippen LogP contribution in [-0.2, 0) is 19.6 Å². The number of nitrogens with zero attached hydrogens (tertiary/aromatic N) is 1. The molecule has 10 heteroatoms. The first-order valence-corrected chi connectivity index (χ1v) is 14.7. The first kappa shape index (κ1) is 28.4. The molecule has 1 N–H and O–H groups in total. The second kappa shape index (κ2) is 11.0. The zero-order valence-electron chi connectivity index (χ0n) is 21.9. The molecule has 0 aliphatic carbocycles. The van der Waals surface area contributed by atoms with Crippen LogP contribution in [-0.4, -0.2) is 36.0 Å². The van der Waals surface area contributed by atoms with Gasteiger partial charge < -0.3 is 9.84 Å². The van der Waals surface area contributed by atoms with Crippen molar-refractivity contribution in [3.05, 3.63) is 111 Å². The fraction of sp³-hybridized carbons (Fsp3) is 0.0968. The first-order chi connectivity index (χ1) is 19.5. The van der Waals surface area contributed by atoms with E-state index < -0.39 is 27.7 Å². The topological polar surface area (TPSA) is 103 Å². The second-order valence-corrected chi connectivity index (χ2v) is 11.9. The molecular formula is C31H23Cl2NO6S. The highest BCUT2D eigenvalue weighted by molar-refractivity contribution is 7.90. The molecule has 208 valence electrons. The maximum atomic E-state index is 14.1. The van der Waals surface area contributed by atoms with E-state index in [0.717, 1.165) is 14.9 Å². The minimum absolute atomic E-state index is 0.0000339. The number of aromatic nitrogens is 1. The van der Waals surface area contributed by atoms with Crippen molar-refractivity contribution in [2.75, 3.05) is 6.61 Å². The van der Waals surface area contributed by atoms with Crippen LogP contribution >= 0.6 is 23.2 Å². The number of benzene rings is 4. The van der Waals surface area contributed by atoms with Crippen LogP contribution in [0.1, 0.15) is 34.1 Å². The van der Waals surface area contributed by atoms with Gasteiger partial charge in [-0.2, -0.15) is 0 Å². The van der Waals surface area contributed by atoms with Gasteiger partial charge in [-0.3, -0.25) is 0 Å². The lowest BCUT2D eigenvalue weighted by molar-refractivity contribution is -0.130. The predicted molar refractivity (Wildman–Crippen MR) is 161 cm³/mol. The molecule has 0 atom stereocenters. The van der Waals surface area contributed by atoms with E-state index in [9.17, 15) is 23.1 Å². The standard InChI is InChI=1S/C31H23Cl2NO6S/c1-3-40-31(37)29-25(17-24(30(35)36)23-10-6-8-19-7-4-5-9-22(19)23)28-26(33)15-20(32)16-27(28)34(29)41(38,39)21-13-11-18(2)12-14-21/h4-17H,3H2,1-2H3,(H,35,36). The molecule has 41 heavy (non-hydrogen) atoms. The molecule has 0 radical (unpaired) electrons. The lowest BCUT2D eigenvalue weighted by Gasteiger charge is -2.13. The maximum absolute atomic E-state index is 14.1. The Labute approximate surface area is 246 Å². The normalized spacial score (nSPS) is 12.1. The largest absolute Gasteiger partial charge is 0.478 e. The number of carboxylic acid groups (broad SMARTS) is 1. The Balaban J connectivity index is 1.95. The summed E-state index contributed by atoms with van der Waals surface area (Å²) in [7, 11) is -4.42. The third kappa shape index (κ3) is 5.10. The van der Waals surface area contributed by atoms with E-state index in [1.807, 2.05) is 25.1 Å². The average Bonchev–Trinajstić information content (AvgIpc) is 3.26. The third-order valence-electron chi connectivity index (χ3n) is 6.61. The minimum Gasteiger partial charge on any atom is -0.478 e. The third-order valence-corrected chi connectivity index (χ3v) is 8.85. The number of fused-ring (bicyclic) bond motifs is 2. The Bertz CT molecular complexity index is 1990. The fourth-order valence-corrected chi connectivity index (χ4v) is 6.88. The number of ether oxygens (including phenoxy) is 1. The van der Waals surface area contributed by atoms with Crippen molar-refractivity contribution in [2.45, 2.75) is 18.7 Å². The number of carbonyl (C=O) groups is 2. The number of aryl methyl sites for hydroxylation is 1. The van der Waals surface area contributed by atoms with Crippen molar-refractivity contribution in [1.82, 2.24) is 3.97 Å². The van der Waals surface area contributed by atoms with Gasteiger partial charge in [0, 0.05) is 16.0 Å². The van der Waals surface area contributed by atoms with Crippen LogP contribution in [0.5, 0.6) is 0 Å². The van der Waals surface area contributed by atoms with E-state index in [-0.39, 0.29) is 43.6 Å². The van der Waals surface area contributed by atoms with Crippen LogP contribution in [0, 0.1) is 6.92 Å². The molecule has 0 aliphatic rings. The molecule has 1 heterocycles. The average molecular weight is 608 g/mol. The Morgan fingerprint density at radius 1 is 0.976 bits per heavy atom. The minimum atomic E-state index is -4.42. The van der Waals surface area contributed by atoms with Crippen molar-refractivity contribution >= 4 is 78.5 Å². The van der Waals surface area contributed by atoms with Gasteiger partial charge >= 0.3 is 11.9 Å². The summed E-state index contributed by atoms with van der Waals surface area (Å²) in [5.41, 5.74) is 0.609. The first-order valence-electron chi connectivity index (χ1n) is 12.5. The van der Waals surface area contributed by atoms with Gasteiger partial charge in [-0.15, -0.1) is 0 Å². The Kier molecular flexibility index (Phi) is 7.66. The second-order valence-electron chi connectivity index (χ2n) is 9.24. The van der Waals surface area contributed by atoms with Crippen molar-refractivity contribution in [3.63, 3.8) is 0 Å². The van der Waals surface area contributed by atoms with Gasteiger partial charge in [0.15, 0.2) is 5.69 Å². The van der Waals surface area contributed by atoms with Crippen LogP contribution in [0.2, 0.25) is 10.0 Å². The SMILES string of the molecule is CCOC(=O)c1c(C=C(C(=O)O)c2cccc3ccccc23)c2c(Cl)cc(Cl)cc2n1S(=O)(=O)c1ccc(C)cc1. The molecular weight excluding hydrogens is 585 g/mol. The molecule has 0 fully saturated rings. The van der Waals surface area contributed by atoms with Crippen LogP contribution in [0.15, 0.2) is 83.8 Å². The molecule has 0 saturated carbocycles. The smallest absolute Gasteiger partial charge is 0.356 e. The van der Waals surface area contributed by atoms with E-state index >= 15 is 0 Å². The molecule has 0 aliphatic heterocycles. The lowest BCUT2D eigenvalue weighted by atomic mass is 9.96. The van der Waals surface area contributed by atoms with Crippen molar-refractivity contribution < 1.29 is 27.9 Å².